The number of hydrogen-bond donors (Lipinski definition) is 1. The summed E-state index contributed by atoms with van der Waals surface area (Å²) in [4.78, 5) is 11.3. The van der Waals surface area contributed by atoms with Gasteiger partial charge in [0.15, 0.2) is 0 Å². The van der Waals surface area contributed by atoms with E-state index < -0.39 is 0 Å². The number of benzene rings is 1. The minimum absolute atomic E-state index is 0.0707. The van der Waals surface area contributed by atoms with Gasteiger partial charge in [-0.15, -0.1) is 0 Å². The van der Waals surface area contributed by atoms with Crippen LogP contribution in [0.25, 0.3) is 0 Å². The fraction of sp³-hybridized carbons (Fsp3) is 0.462. The predicted molar refractivity (Wildman–Crippen MR) is 64.4 cm³/mol. The van der Waals surface area contributed by atoms with Crippen molar-refractivity contribution >= 4 is 5.97 Å². The highest BCUT2D eigenvalue weighted by atomic mass is 16.5. The first kappa shape index (κ1) is 12.7. The molecular formula is C13H19NO2. The average Bonchev–Trinajstić information content (AvgIpc) is 2.25. The predicted octanol–water partition coefficient (Wildman–Crippen LogP) is 2.36. The Morgan fingerprint density at radius 2 is 2.06 bits per heavy atom. The Labute approximate surface area is 96.8 Å². The second-order valence-electron chi connectivity index (χ2n) is 4.80. The molecule has 0 radical (unpaired) electrons. The molecule has 0 aliphatic carbocycles. The summed E-state index contributed by atoms with van der Waals surface area (Å²) in [7, 11) is 1.39. The molecule has 0 amide bonds. The highest BCUT2D eigenvalue weighted by Crippen LogP contribution is 2.08. The van der Waals surface area contributed by atoms with E-state index in [0.717, 1.165) is 12.1 Å². The number of carbonyl (C=O) groups excluding carboxylic acids is 1. The number of esters is 1. The molecule has 1 aromatic carbocycles. The first-order chi connectivity index (χ1) is 7.42. The lowest BCUT2D eigenvalue weighted by molar-refractivity contribution is 0.0600. The minimum atomic E-state index is -0.294. The molecule has 0 fully saturated rings. The molecule has 3 heteroatoms. The van der Waals surface area contributed by atoms with Crippen molar-refractivity contribution in [1.29, 1.82) is 0 Å². The first-order valence-electron chi connectivity index (χ1n) is 5.34. The summed E-state index contributed by atoms with van der Waals surface area (Å²) in [5.74, 6) is -0.294. The number of methoxy groups -OCH3 is 1. The van der Waals surface area contributed by atoms with Crippen molar-refractivity contribution in [3.05, 3.63) is 35.4 Å². The Bertz CT molecular complexity index is 366. The maximum Gasteiger partial charge on any atom is 0.337 e. The Morgan fingerprint density at radius 3 is 2.62 bits per heavy atom. The summed E-state index contributed by atoms with van der Waals surface area (Å²) >= 11 is 0. The molecule has 0 unspecified atom stereocenters. The number of rotatable bonds is 3. The fourth-order valence-corrected chi connectivity index (χ4v) is 1.29. The van der Waals surface area contributed by atoms with E-state index in [9.17, 15) is 4.79 Å². The van der Waals surface area contributed by atoms with E-state index in [4.69, 9.17) is 0 Å². The third kappa shape index (κ3) is 4.03. The molecule has 0 aliphatic heterocycles. The fourth-order valence-electron chi connectivity index (χ4n) is 1.29. The van der Waals surface area contributed by atoms with Gasteiger partial charge in [-0.2, -0.15) is 0 Å². The van der Waals surface area contributed by atoms with Gasteiger partial charge in [-0.3, -0.25) is 0 Å². The molecule has 1 aromatic rings. The lowest BCUT2D eigenvalue weighted by atomic mass is 10.1. The van der Waals surface area contributed by atoms with E-state index in [2.05, 4.69) is 30.8 Å². The van der Waals surface area contributed by atoms with E-state index in [1.54, 1.807) is 6.07 Å². The molecule has 0 bridgehead atoms. The summed E-state index contributed by atoms with van der Waals surface area (Å²) in [5.41, 5.74) is 1.75. The molecule has 88 valence electrons. The second-order valence-corrected chi connectivity index (χ2v) is 4.80. The van der Waals surface area contributed by atoms with Gasteiger partial charge in [-0.25, -0.2) is 4.79 Å². The van der Waals surface area contributed by atoms with Crippen molar-refractivity contribution < 1.29 is 9.53 Å². The van der Waals surface area contributed by atoms with Crippen molar-refractivity contribution in [2.24, 2.45) is 0 Å². The molecule has 0 atom stereocenters. The zero-order valence-electron chi connectivity index (χ0n) is 10.3. The van der Waals surface area contributed by atoms with Gasteiger partial charge >= 0.3 is 5.97 Å². The Kier molecular flexibility index (Phi) is 4.07. The van der Waals surface area contributed by atoms with Gasteiger partial charge in [-0.05, 0) is 38.5 Å². The SMILES string of the molecule is COC(=O)c1cccc(CNC(C)(C)C)c1. The molecule has 1 rings (SSSR count). The van der Waals surface area contributed by atoms with Crippen LogP contribution in [0.2, 0.25) is 0 Å². The maximum absolute atomic E-state index is 11.3. The van der Waals surface area contributed by atoms with Crippen molar-refractivity contribution in [3.8, 4) is 0 Å². The van der Waals surface area contributed by atoms with Crippen LogP contribution in [0, 0.1) is 0 Å². The van der Waals surface area contributed by atoms with Gasteiger partial charge in [0.1, 0.15) is 0 Å². The molecule has 3 nitrogen and oxygen atoms in total. The largest absolute Gasteiger partial charge is 0.465 e. The van der Waals surface area contributed by atoms with Gasteiger partial charge in [0.25, 0.3) is 0 Å². The summed E-state index contributed by atoms with van der Waals surface area (Å²) < 4.78 is 4.68. The summed E-state index contributed by atoms with van der Waals surface area (Å²) in [6.07, 6.45) is 0. The van der Waals surface area contributed by atoms with Crippen LogP contribution in [0.15, 0.2) is 24.3 Å². The van der Waals surface area contributed by atoms with E-state index in [1.165, 1.54) is 7.11 Å². The molecule has 0 aliphatic rings. The lowest BCUT2D eigenvalue weighted by Gasteiger charge is -2.20. The van der Waals surface area contributed by atoms with E-state index in [0.29, 0.717) is 5.56 Å². The van der Waals surface area contributed by atoms with Gasteiger partial charge in [0.2, 0.25) is 0 Å². The molecule has 0 saturated carbocycles. The Hall–Kier alpha value is -1.35. The van der Waals surface area contributed by atoms with Crippen molar-refractivity contribution in [2.75, 3.05) is 7.11 Å². The van der Waals surface area contributed by atoms with Gasteiger partial charge in [0.05, 0.1) is 12.7 Å². The Balaban J connectivity index is 2.71. The van der Waals surface area contributed by atoms with Crippen LogP contribution in [-0.2, 0) is 11.3 Å². The Morgan fingerprint density at radius 1 is 1.38 bits per heavy atom. The summed E-state index contributed by atoms with van der Waals surface area (Å²) in [5, 5.41) is 3.37. The summed E-state index contributed by atoms with van der Waals surface area (Å²) in [6.45, 7) is 7.07. The van der Waals surface area contributed by atoms with Crippen LogP contribution in [-0.4, -0.2) is 18.6 Å². The number of nitrogens with one attached hydrogen (secondary N) is 1. The van der Waals surface area contributed by atoms with E-state index in [1.807, 2.05) is 18.2 Å². The molecular weight excluding hydrogens is 202 g/mol. The van der Waals surface area contributed by atoms with Gasteiger partial charge in [-0.1, -0.05) is 12.1 Å². The smallest absolute Gasteiger partial charge is 0.337 e. The van der Waals surface area contributed by atoms with Crippen molar-refractivity contribution in [2.45, 2.75) is 32.9 Å². The van der Waals surface area contributed by atoms with Crippen LogP contribution >= 0.6 is 0 Å². The normalized spacial score (nSPS) is 11.2. The minimum Gasteiger partial charge on any atom is -0.465 e. The monoisotopic (exact) mass is 221 g/mol. The van der Waals surface area contributed by atoms with Gasteiger partial charge < -0.3 is 10.1 Å². The second kappa shape index (κ2) is 5.12. The highest BCUT2D eigenvalue weighted by Gasteiger charge is 2.09. The molecule has 0 spiro atoms. The third-order valence-electron chi connectivity index (χ3n) is 2.17. The number of hydrogen-bond acceptors (Lipinski definition) is 3. The number of ether oxygens (including phenoxy) is 1. The standard InChI is InChI=1S/C13H19NO2/c1-13(2,3)14-9-10-6-5-7-11(8-10)12(15)16-4/h5-8,14H,9H2,1-4H3. The average molecular weight is 221 g/mol. The highest BCUT2D eigenvalue weighted by molar-refractivity contribution is 5.89. The topological polar surface area (TPSA) is 38.3 Å². The van der Waals surface area contributed by atoms with Gasteiger partial charge in [0, 0.05) is 12.1 Å². The first-order valence-corrected chi connectivity index (χ1v) is 5.34. The zero-order valence-corrected chi connectivity index (χ0v) is 10.3. The lowest BCUT2D eigenvalue weighted by Crippen LogP contribution is -2.35. The molecule has 0 saturated heterocycles. The van der Waals surface area contributed by atoms with E-state index in [-0.39, 0.29) is 11.5 Å². The molecule has 1 N–H and O–H groups in total. The van der Waals surface area contributed by atoms with Crippen LogP contribution in [0.4, 0.5) is 0 Å². The van der Waals surface area contributed by atoms with Crippen LogP contribution in [0.3, 0.4) is 0 Å². The maximum atomic E-state index is 11.3. The molecule has 0 aromatic heterocycles. The zero-order chi connectivity index (χ0) is 12.2. The molecule has 16 heavy (non-hydrogen) atoms. The van der Waals surface area contributed by atoms with Crippen LogP contribution in [0.1, 0.15) is 36.7 Å². The number of carbonyl (C=O) groups is 1. The van der Waals surface area contributed by atoms with Crippen molar-refractivity contribution in [3.63, 3.8) is 0 Å². The van der Waals surface area contributed by atoms with Crippen LogP contribution in [0.5, 0.6) is 0 Å². The van der Waals surface area contributed by atoms with Crippen molar-refractivity contribution in [1.82, 2.24) is 5.32 Å². The third-order valence-corrected chi connectivity index (χ3v) is 2.17. The summed E-state index contributed by atoms with van der Waals surface area (Å²) in [6, 6.07) is 7.47. The molecule has 0 heterocycles. The van der Waals surface area contributed by atoms with Crippen LogP contribution < -0.4 is 5.32 Å². The quantitative estimate of drug-likeness (QED) is 0.796. The van der Waals surface area contributed by atoms with E-state index >= 15 is 0 Å².